The Labute approximate surface area is 232 Å². The molecule has 0 unspecified atom stereocenters. The number of nitrogens with one attached hydrogen (secondary N) is 2. The van der Waals surface area contributed by atoms with Gasteiger partial charge in [0.25, 0.3) is 5.91 Å². The maximum absolute atomic E-state index is 13.2. The molecule has 1 aliphatic heterocycles. The first-order valence-electron chi connectivity index (χ1n) is 11.8. The summed E-state index contributed by atoms with van der Waals surface area (Å²) in [5.41, 5.74) is 5.67. The zero-order chi connectivity index (χ0) is 24.9. The average molecular weight is 567 g/mol. The van der Waals surface area contributed by atoms with Crippen LogP contribution in [0.2, 0.25) is 10.0 Å². The van der Waals surface area contributed by atoms with Crippen LogP contribution in [0, 0.1) is 18.8 Å². The van der Waals surface area contributed by atoms with Gasteiger partial charge in [-0.25, -0.2) is 9.69 Å². The first-order valence-corrected chi connectivity index (χ1v) is 13.3. The second-order valence-corrected chi connectivity index (χ2v) is 10.7. The van der Waals surface area contributed by atoms with Crippen molar-refractivity contribution < 1.29 is 4.79 Å². The topological polar surface area (TPSA) is 62.2 Å². The number of halogens is 3. The molecule has 2 N–H and O–H groups in total. The summed E-state index contributed by atoms with van der Waals surface area (Å²) in [7, 11) is 0. The summed E-state index contributed by atoms with van der Waals surface area (Å²) in [6.07, 6.45) is 3.34. The Bertz CT molecular complexity index is 1270. The van der Waals surface area contributed by atoms with Gasteiger partial charge in [0, 0.05) is 29.7 Å². The van der Waals surface area contributed by atoms with Crippen molar-refractivity contribution >= 4 is 52.9 Å². The SMILES string of the molecule is Cc1c(C(=O)NN2CCCCC2)nn(-c2ccc(Cl)cc2Cl)c1-c1ccc(C#CCNC(C)C)s1.Cl. The minimum absolute atomic E-state index is 0. The Kier molecular flexibility index (Phi) is 10.3. The van der Waals surface area contributed by atoms with Gasteiger partial charge >= 0.3 is 0 Å². The van der Waals surface area contributed by atoms with E-state index in [0.717, 1.165) is 46.9 Å². The van der Waals surface area contributed by atoms with E-state index >= 15 is 0 Å². The van der Waals surface area contributed by atoms with Crippen molar-refractivity contribution in [1.29, 1.82) is 0 Å². The monoisotopic (exact) mass is 565 g/mol. The number of hydrazine groups is 1. The highest BCUT2D eigenvalue weighted by molar-refractivity contribution is 7.16. The van der Waals surface area contributed by atoms with Crippen molar-refractivity contribution in [1.82, 2.24) is 25.5 Å². The zero-order valence-corrected chi connectivity index (χ0v) is 23.7. The van der Waals surface area contributed by atoms with E-state index < -0.39 is 0 Å². The highest BCUT2D eigenvalue weighted by atomic mass is 35.5. The van der Waals surface area contributed by atoms with Crippen LogP contribution in [-0.2, 0) is 0 Å². The van der Waals surface area contributed by atoms with Gasteiger partial charge in [0.05, 0.1) is 32.7 Å². The van der Waals surface area contributed by atoms with Gasteiger partial charge in [-0.2, -0.15) is 5.10 Å². The van der Waals surface area contributed by atoms with Crippen molar-refractivity contribution in [2.24, 2.45) is 0 Å². The maximum atomic E-state index is 13.2. The van der Waals surface area contributed by atoms with Gasteiger partial charge in [-0.15, -0.1) is 23.7 Å². The van der Waals surface area contributed by atoms with Crippen LogP contribution < -0.4 is 10.7 Å². The summed E-state index contributed by atoms with van der Waals surface area (Å²) in [5.74, 6) is 6.17. The van der Waals surface area contributed by atoms with Gasteiger partial charge in [0.2, 0.25) is 0 Å². The molecular formula is C26H30Cl3N5OS. The fourth-order valence-electron chi connectivity index (χ4n) is 3.95. The third-order valence-corrected chi connectivity index (χ3v) is 7.29. The fraction of sp³-hybridized carbons (Fsp3) is 0.385. The van der Waals surface area contributed by atoms with Gasteiger partial charge in [0.15, 0.2) is 5.69 Å². The minimum Gasteiger partial charge on any atom is -0.304 e. The largest absolute Gasteiger partial charge is 0.304 e. The molecule has 3 aromatic rings. The minimum atomic E-state index is -0.217. The second kappa shape index (κ2) is 13.0. The summed E-state index contributed by atoms with van der Waals surface area (Å²) in [5, 5.41) is 11.0. The van der Waals surface area contributed by atoms with Crippen molar-refractivity contribution in [2.45, 2.75) is 46.1 Å². The first-order chi connectivity index (χ1) is 16.8. The molecule has 2 aromatic heterocycles. The van der Waals surface area contributed by atoms with Crippen LogP contribution >= 0.6 is 46.9 Å². The van der Waals surface area contributed by atoms with E-state index in [1.54, 1.807) is 28.2 Å². The number of amides is 1. The Morgan fingerprint density at radius 3 is 2.61 bits per heavy atom. The number of piperidine rings is 1. The zero-order valence-electron chi connectivity index (χ0n) is 20.5. The summed E-state index contributed by atoms with van der Waals surface area (Å²) in [6, 6.07) is 9.67. The standard InChI is InChI=1S/C26H29Cl2N5OS.ClH/c1-17(2)29-13-7-8-20-10-12-23(35-20)25-18(3)24(26(34)31-32-14-5-4-6-15-32)30-33(25)22-11-9-19(27)16-21(22)28;/h9-12,16-17,29H,4-6,13-15H2,1-3H3,(H,31,34);1H. The maximum Gasteiger partial charge on any atom is 0.286 e. The molecule has 1 aromatic carbocycles. The van der Waals surface area contributed by atoms with Crippen molar-refractivity contribution in [2.75, 3.05) is 19.6 Å². The van der Waals surface area contributed by atoms with Crippen molar-refractivity contribution in [3.63, 3.8) is 0 Å². The molecule has 4 rings (SSSR count). The van der Waals surface area contributed by atoms with E-state index in [4.69, 9.17) is 28.3 Å². The lowest BCUT2D eigenvalue weighted by Crippen LogP contribution is -2.45. The number of hydrogen-bond acceptors (Lipinski definition) is 5. The molecule has 0 bridgehead atoms. The summed E-state index contributed by atoms with van der Waals surface area (Å²) < 4.78 is 1.74. The molecule has 6 nitrogen and oxygen atoms in total. The third kappa shape index (κ3) is 6.83. The predicted octanol–water partition coefficient (Wildman–Crippen LogP) is 6.12. The quantitative estimate of drug-likeness (QED) is 0.353. The molecule has 1 aliphatic rings. The molecule has 1 fully saturated rings. The number of rotatable bonds is 6. The van der Waals surface area contributed by atoms with Crippen LogP contribution in [-0.4, -0.2) is 46.4 Å². The lowest BCUT2D eigenvalue weighted by Gasteiger charge is -2.26. The van der Waals surface area contributed by atoms with Gasteiger partial charge in [-0.05, 0) is 63.9 Å². The van der Waals surface area contributed by atoms with E-state index in [1.165, 1.54) is 6.42 Å². The number of hydrogen-bond donors (Lipinski definition) is 2. The van der Waals surface area contributed by atoms with E-state index in [-0.39, 0.29) is 18.3 Å². The molecule has 0 aliphatic carbocycles. The second-order valence-electron chi connectivity index (χ2n) is 8.82. The van der Waals surface area contributed by atoms with Crippen LogP contribution in [0.15, 0.2) is 30.3 Å². The van der Waals surface area contributed by atoms with Gasteiger partial charge in [-0.1, -0.05) is 41.5 Å². The molecule has 36 heavy (non-hydrogen) atoms. The normalized spacial score (nSPS) is 13.7. The molecule has 3 heterocycles. The lowest BCUT2D eigenvalue weighted by molar-refractivity contribution is 0.0743. The summed E-state index contributed by atoms with van der Waals surface area (Å²) in [4.78, 5) is 15.1. The summed E-state index contributed by atoms with van der Waals surface area (Å²) >= 11 is 14.3. The van der Waals surface area contributed by atoms with Crippen LogP contribution in [0.1, 0.15) is 54.0 Å². The fourth-order valence-corrected chi connectivity index (χ4v) is 5.41. The molecule has 0 atom stereocenters. The first kappa shape index (κ1) is 28.5. The van der Waals surface area contributed by atoms with E-state index in [2.05, 4.69) is 36.4 Å². The highest BCUT2D eigenvalue weighted by Gasteiger charge is 2.25. The predicted molar refractivity (Wildman–Crippen MR) is 152 cm³/mol. The van der Waals surface area contributed by atoms with Crippen molar-refractivity contribution in [3.8, 4) is 28.1 Å². The van der Waals surface area contributed by atoms with Gasteiger partial charge < -0.3 is 5.32 Å². The Balaban J connectivity index is 0.00000361. The average Bonchev–Trinajstić information content (AvgIpc) is 3.41. The lowest BCUT2D eigenvalue weighted by atomic mass is 10.1. The number of thiophene rings is 1. The molecule has 0 saturated carbocycles. The molecule has 1 amide bonds. The Morgan fingerprint density at radius 1 is 1.17 bits per heavy atom. The van der Waals surface area contributed by atoms with Crippen LogP contribution in [0.4, 0.5) is 0 Å². The Hall–Kier alpha value is -2.05. The molecule has 0 radical (unpaired) electrons. The van der Waals surface area contributed by atoms with Gasteiger partial charge in [-0.3, -0.25) is 10.2 Å². The molecule has 1 saturated heterocycles. The van der Waals surface area contributed by atoms with Crippen molar-refractivity contribution in [3.05, 3.63) is 56.5 Å². The van der Waals surface area contributed by atoms with Crippen LogP contribution in [0.25, 0.3) is 16.3 Å². The number of carbonyl (C=O) groups is 1. The number of benzene rings is 1. The molecule has 192 valence electrons. The number of nitrogens with zero attached hydrogens (tertiary/aromatic N) is 3. The van der Waals surface area contributed by atoms with E-state index in [0.29, 0.717) is 34.0 Å². The van der Waals surface area contributed by atoms with Crippen LogP contribution in [0.3, 0.4) is 0 Å². The third-order valence-electron chi connectivity index (χ3n) is 5.74. The highest BCUT2D eigenvalue weighted by Crippen LogP contribution is 2.36. The molecular weight excluding hydrogens is 537 g/mol. The van der Waals surface area contributed by atoms with E-state index in [1.807, 2.05) is 30.1 Å². The summed E-state index contributed by atoms with van der Waals surface area (Å²) in [6.45, 7) is 8.43. The number of carbonyl (C=O) groups excluding carboxylic acids is 1. The molecule has 10 heteroatoms. The smallest absolute Gasteiger partial charge is 0.286 e. The van der Waals surface area contributed by atoms with E-state index in [9.17, 15) is 4.79 Å². The molecule has 0 spiro atoms. The van der Waals surface area contributed by atoms with Gasteiger partial charge in [0.1, 0.15) is 0 Å². The number of aromatic nitrogens is 2. The van der Waals surface area contributed by atoms with Crippen LogP contribution in [0.5, 0.6) is 0 Å². The Morgan fingerprint density at radius 2 is 1.92 bits per heavy atom.